The number of rotatable bonds is 4. The minimum Gasteiger partial charge on any atom is -0.480 e. The molecule has 1 aromatic carbocycles. The van der Waals surface area contributed by atoms with Gasteiger partial charge in [-0.15, -0.1) is 0 Å². The number of hydrogen-bond acceptors (Lipinski definition) is 3. The highest BCUT2D eigenvalue weighted by Gasteiger charge is 2.36. The second-order valence-corrected chi connectivity index (χ2v) is 6.19. The van der Waals surface area contributed by atoms with E-state index in [1.54, 1.807) is 20.8 Å². The van der Waals surface area contributed by atoms with Crippen LogP contribution in [0.2, 0.25) is 0 Å². The lowest BCUT2D eigenvalue weighted by Crippen LogP contribution is -2.54. The predicted octanol–water partition coefficient (Wildman–Crippen LogP) is 2.88. The third-order valence-corrected chi connectivity index (χ3v) is 2.79. The van der Waals surface area contributed by atoms with Crippen LogP contribution in [0.3, 0.4) is 0 Å². The van der Waals surface area contributed by atoms with Crippen LogP contribution in [0.5, 0.6) is 0 Å². The van der Waals surface area contributed by atoms with Crippen LogP contribution in [0.15, 0.2) is 18.2 Å². The average Bonchev–Trinajstić information content (AvgIpc) is 2.31. The molecule has 0 aromatic heterocycles. The molecule has 7 heteroatoms. The number of hydrogen-bond donors (Lipinski definition) is 2. The SMILES string of the molecule is CC(C)(C)OC(=O)NC(C)(Cc1ccc(F)c(F)c1)C(=O)O. The maximum Gasteiger partial charge on any atom is 0.408 e. The van der Waals surface area contributed by atoms with E-state index in [-0.39, 0.29) is 12.0 Å². The number of alkyl carbamates (subject to hydrolysis) is 1. The summed E-state index contributed by atoms with van der Waals surface area (Å²) in [6, 6.07) is 3.06. The van der Waals surface area contributed by atoms with Crippen molar-refractivity contribution in [2.45, 2.75) is 45.3 Å². The molecule has 1 unspecified atom stereocenters. The molecular formula is C15H19F2NO4. The van der Waals surface area contributed by atoms with Gasteiger partial charge >= 0.3 is 12.1 Å². The first kappa shape index (κ1) is 17.9. The number of benzene rings is 1. The van der Waals surface area contributed by atoms with Gasteiger partial charge in [-0.05, 0) is 45.4 Å². The van der Waals surface area contributed by atoms with Crippen molar-refractivity contribution in [2.24, 2.45) is 0 Å². The largest absolute Gasteiger partial charge is 0.480 e. The number of carboxylic acid groups (broad SMARTS) is 1. The molecule has 0 heterocycles. The molecule has 2 N–H and O–H groups in total. The van der Waals surface area contributed by atoms with Gasteiger partial charge in [-0.3, -0.25) is 0 Å². The molecule has 0 bridgehead atoms. The fraction of sp³-hybridized carbons (Fsp3) is 0.467. The molecule has 1 rings (SSSR count). The number of carboxylic acids is 1. The molecule has 0 spiro atoms. The van der Waals surface area contributed by atoms with Crippen molar-refractivity contribution in [2.75, 3.05) is 0 Å². The van der Waals surface area contributed by atoms with Gasteiger partial charge in [-0.2, -0.15) is 0 Å². The predicted molar refractivity (Wildman–Crippen MR) is 75.5 cm³/mol. The summed E-state index contributed by atoms with van der Waals surface area (Å²) in [5.74, 6) is -3.42. The van der Waals surface area contributed by atoms with Crippen LogP contribution >= 0.6 is 0 Å². The van der Waals surface area contributed by atoms with Crippen LogP contribution in [0.4, 0.5) is 13.6 Å². The van der Waals surface area contributed by atoms with Gasteiger partial charge in [0, 0.05) is 6.42 Å². The minimum absolute atomic E-state index is 0.223. The Hall–Kier alpha value is -2.18. The van der Waals surface area contributed by atoms with Crippen molar-refractivity contribution in [3.8, 4) is 0 Å². The summed E-state index contributed by atoms with van der Waals surface area (Å²) in [5.41, 5.74) is -2.27. The standard InChI is InChI=1S/C15H19F2NO4/c1-14(2,3)22-13(21)18-15(4,12(19)20)8-9-5-6-10(16)11(17)7-9/h5-7H,8H2,1-4H3,(H,18,21)(H,19,20). The summed E-state index contributed by atoms with van der Waals surface area (Å²) in [4.78, 5) is 23.2. The maximum atomic E-state index is 13.2. The number of carbonyl (C=O) groups excluding carboxylic acids is 1. The van der Waals surface area contributed by atoms with E-state index in [4.69, 9.17) is 4.74 Å². The van der Waals surface area contributed by atoms with Gasteiger partial charge in [0.2, 0.25) is 0 Å². The Kier molecular flexibility index (Phi) is 5.11. The second-order valence-electron chi connectivity index (χ2n) is 6.19. The zero-order valence-electron chi connectivity index (χ0n) is 12.9. The molecule has 0 saturated carbocycles. The molecular weight excluding hydrogens is 296 g/mol. The Morgan fingerprint density at radius 2 is 1.77 bits per heavy atom. The van der Waals surface area contributed by atoms with E-state index in [0.717, 1.165) is 12.1 Å². The van der Waals surface area contributed by atoms with Crippen LogP contribution in [-0.2, 0) is 16.0 Å². The molecule has 0 aliphatic heterocycles. The molecule has 1 atom stereocenters. The molecule has 0 saturated heterocycles. The summed E-state index contributed by atoms with van der Waals surface area (Å²) in [6.07, 6.45) is -1.13. The molecule has 0 aliphatic carbocycles. The van der Waals surface area contributed by atoms with Crippen molar-refractivity contribution in [1.82, 2.24) is 5.32 Å². The third-order valence-electron chi connectivity index (χ3n) is 2.79. The Morgan fingerprint density at radius 3 is 2.23 bits per heavy atom. The van der Waals surface area contributed by atoms with Gasteiger partial charge < -0.3 is 15.2 Å². The Morgan fingerprint density at radius 1 is 1.18 bits per heavy atom. The fourth-order valence-electron chi connectivity index (χ4n) is 1.76. The Balaban J connectivity index is 2.93. The average molecular weight is 315 g/mol. The molecule has 122 valence electrons. The van der Waals surface area contributed by atoms with Gasteiger partial charge in [0.25, 0.3) is 0 Å². The van der Waals surface area contributed by atoms with E-state index in [1.807, 2.05) is 0 Å². The summed E-state index contributed by atoms with van der Waals surface area (Å²) >= 11 is 0. The van der Waals surface area contributed by atoms with Crippen LogP contribution in [0, 0.1) is 11.6 Å². The van der Waals surface area contributed by atoms with Crippen molar-refractivity contribution in [3.63, 3.8) is 0 Å². The smallest absolute Gasteiger partial charge is 0.408 e. The highest BCUT2D eigenvalue weighted by Crippen LogP contribution is 2.18. The summed E-state index contributed by atoms with van der Waals surface area (Å²) in [6.45, 7) is 6.18. The van der Waals surface area contributed by atoms with E-state index in [0.29, 0.717) is 0 Å². The van der Waals surface area contributed by atoms with Crippen molar-refractivity contribution in [1.29, 1.82) is 0 Å². The van der Waals surface area contributed by atoms with Gasteiger partial charge in [0.15, 0.2) is 11.6 Å². The topological polar surface area (TPSA) is 75.6 Å². The summed E-state index contributed by atoms with van der Waals surface area (Å²) in [5, 5.41) is 11.6. The Bertz CT molecular complexity index is 583. The molecule has 0 radical (unpaired) electrons. The van der Waals surface area contributed by atoms with Gasteiger partial charge in [-0.25, -0.2) is 18.4 Å². The summed E-state index contributed by atoms with van der Waals surface area (Å²) in [7, 11) is 0. The first-order chi connectivity index (χ1) is 9.93. The van der Waals surface area contributed by atoms with Crippen LogP contribution < -0.4 is 5.32 Å². The zero-order chi connectivity index (χ0) is 17.1. The zero-order valence-corrected chi connectivity index (χ0v) is 12.9. The number of carbonyl (C=O) groups is 2. The van der Waals surface area contributed by atoms with Gasteiger partial charge in [0.05, 0.1) is 0 Å². The highest BCUT2D eigenvalue weighted by atomic mass is 19.2. The number of ether oxygens (including phenoxy) is 1. The molecule has 1 aromatic rings. The van der Waals surface area contributed by atoms with Crippen LogP contribution in [-0.4, -0.2) is 28.3 Å². The molecule has 5 nitrogen and oxygen atoms in total. The lowest BCUT2D eigenvalue weighted by atomic mass is 9.93. The van der Waals surface area contributed by atoms with Crippen molar-refractivity contribution >= 4 is 12.1 Å². The highest BCUT2D eigenvalue weighted by molar-refractivity contribution is 5.84. The second kappa shape index (κ2) is 6.29. The minimum atomic E-state index is -1.72. The Labute approximate surface area is 127 Å². The quantitative estimate of drug-likeness (QED) is 0.896. The number of halogens is 2. The van der Waals surface area contributed by atoms with Crippen molar-refractivity contribution < 1.29 is 28.2 Å². The normalized spacial score (nSPS) is 14.1. The molecule has 22 heavy (non-hydrogen) atoms. The van der Waals surface area contributed by atoms with E-state index in [1.165, 1.54) is 13.0 Å². The van der Waals surface area contributed by atoms with E-state index in [9.17, 15) is 23.5 Å². The lowest BCUT2D eigenvalue weighted by molar-refractivity contribution is -0.144. The van der Waals surface area contributed by atoms with Gasteiger partial charge in [-0.1, -0.05) is 6.07 Å². The van der Waals surface area contributed by atoms with Crippen LogP contribution in [0.25, 0.3) is 0 Å². The number of amides is 1. The number of aliphatic carboxylic acids is 1. The molecule has 0 fully saturated rings. The third kappa shape index (κ3) is 4.98. The fourth-order valence-corrected chi connectivity index (χ4v) is 1.76. The summed E-state index contributed by atoms with van der Waals surface area (Å²) < 4.78 is 31.1. The van der Waals surface area contributed by atoms with E-state index in [2.05, 4.69) is 5.32 Å². The first-order valence-corrected chi connectivity index (χ1v) is 6.61. The maximum absolute atomic E-state index is 13.2. The molecule has 1 amide bonds. The monoisotopic (exact) mass is 315 g/mol. The lowest BCUT2D eigenvalue weighted by Gasteiger charge is -2.28. The van der Waals surface area contributed by atoms with E-state index >= 15 is 0 Å². The van der Waals surface area contributed by atoms with E-state index < -0.39 is 34.8 Å². The first-order valence-electron chi connectivity index (χ1n) is 6.61. The molecule has 0 aliphatic rings. The van der Waals surface area contributed by atoms with Crippen LogP contribution in [0.1, 0.15) is 33.3 Å². The van der Waals surface area contributed by atoms with Gasteiger partial charge in [0.1, 0.15) is 11.1 Å². The van der Waals surface area contributed by atoms with Crippen molar-refractivity contribution in [3.05, 3.63) is 35.4 Å². The number of nitrogens with one attached hydrogen (secondary N) is 1.